The molecule has 0 atom stereocenters. The van der Waals surface area contributed by atoms with Crippen LogP contribution in [0.25, 0.3) is 17.1 Å². The molecule has 3 aromatic rings. The lowest BCUT2D eigenvalue weighted by Gasteiger charge is -2.02. The molecule has 1 aromatic heterocycles. The molecule has 3 rings (SSSR count). The Balaban J connectivity index is 1.95. The van der Waals surface area contributed by atoms with Gasteiger partial charge in [0.25, 0.3) is 5.91 Å². The molecule has 0 spiro atoms. The maximum Gasteiger partial charge on any atom is 0.256 e. The Kier molecular flexibility index (Phi) is 3.40. The van der Waals surface area contributed by atoms with Crippen molar-refractivity contribution in [3.8, 4) is 0 Å². The molecule has 0 radical (unpaired) electrons. The quantitative estimate of drug-likeness (QED) is 0.663. The summed E-state index contributed by atoms with van der Waals surface area (Å²) in [5, 5.41) is 0. The van der Waals surface area contributed by atoms with Crippen molar-refractivity contribution in [2.24, 2.45) is 0 Å². The monoisotopic (exact) mass is 276 g/mol. The van der Waals surface area contributed by atoms with E-state index in [0.717, 1.165) is 22.2 Å². The summed E-state index contributed by atoms with van der Waals surface area (Å²) >= 11 is 0. The van der Waals surface area contributed by atoms with Crippen molar-refractivity contribution in [1.29, 1.82) is 0 Å². The lowest BCUT2D eigenvalue weighted by Crippen LogP contribution is -2.05. The molecule has 104 valence electrons. The molecular weight excluding hydrogens is 260 g/mol. The average molecular weight is 276 g/mol. The van der Waals surface area contributed by atoms with E-state index in [1.165, 1.54) is 5.56 Å². The summed E-state index contributed by atoms with van der Waals surface area (Å²) in [4.78, 5) is 16.6. The number of aryl methyl sites for hydroxylation is 2. The molecule has 0 unspecified atom stereocenters. The molecule has 1 heterocycles. The molecule has 0 fully saturated rings. The van der Waals surface area contributed by atoms with Crippen LogP contribution >= 0.6 is 0 Å². The van der Waals surface area contributed by atoms with Gasteiger partial charge >= 0.3 is 0 Å². The van der Waals surface area contributed by atoms with Crippen LogP contribution in [0.2, 0.25) is 0 Å². The highest BCUT2D eigenvalue weighted by molar-refractivity contribution is 5.99. The summed E-state index contributed by atoms with van der Waals surface area (Å²) in [6, 6.07) is 13.8. The fourth-order valence-corrected chi connectivity index (χ4v) is 2.25. The second-order valence-corrected chi connectivity index (χ2v) is 5.12. The van der Waals surface area contributed by atoms with Crippen LogP contribution in [0.4, 0.5) is 0 Å². The van der Waals surface area contributed by atoms with Gasteiger partial charge in [-0.1, -0.05) is 30.3 Å². The Morgan fingerprint density at radius 1 is 1.10 bits per heavy atom. The first kappa shape index (κ1) is 13.3. The van der Waals surface area contributed by atoms with Crippen molar-refractivity contribution in [2.75, 3.05) is 0 Å². The summed E-state index contributed by atoms with van der Waals surface area (Å²) in [5.41, 5.74) is 5.03. The summed E-state index contributed by atoms with van der Waals surface area (Å²) in [6.45, 7) is 4.08. The van der Waals surface area contributed by atoms with Crippen LogP contribution in [0.3, 0.4) is 0 Å². The third-order valence-electron chi connectivity index (χ3n) is 3.62. The number of carbonyl (C=O) groups is 1. The van der Waals surface area contributed by atoms with Gasteiger partial charge in [0, 0.05) is 6.08 Å². The highest BCUT2D eigenvalue weighted by atomic mass is 16.1. The topological polar surface area (TPSA) is 34.9 Å². The minimum Gasteiger partial charge on any atom is -0.269 e. The average Bonchev–Trinajstić information content (AvgIpc) is 2.89. The summed E-state index contributed by atoms with van der Waals surface area (Å²) in [5.74, 6) is -0.0930. The number of benzene rings is 2. The van der Waals surface area contributed by atoms with E-state index in [1.54, 1.807) is 17.0 Å². The van der Waals surface area contributed by atoms with Crippen LogP contribution in [-0.4, -0.2) is 15.5 Å². The molecule has 3 heteroatoms. The second-order valence-electron chi connectivity index (χ2n) is 5.12. The van der Waals surface area contributed by atoms with Crippen molar-refractivity contribution < 1.29 is 4.79 Å². The Morgan fingerprint density at radius 2 is 1.81 bits per heavy atom. The first-order valence-corrected chi connectivity index (χ1v) is 6.87. The van der Waals surface area contributed by atoms with Crippen LogP contribution in [-0.2, 0) is 0 Å². The van der Waals surface area contributed by atoms with Gasteiger partial charge in [0.1, 0.15) is 6.33 Å². The molecule has 0 aliphatic heterocycles. The molecule has 3 nitrogen and oxygen atoms in total. The van der Waals surface area contributed by atoms with Gasteiger partial charge in [0.2, 0.25) is 0 Å². The third-order valence-corrected chi connectivity index (χ3v) is 3.62. The summed E-state index contributed by atoms with van der Waals surface area (Å²) in [7, 11) is 0. The van der Waals surface area contributed by atoms with Gasteiger partial charge in [-0.05, 0) is 48.7 Å². The van der Waals surface area contributed by atoms with E-state index in [9.17, 15) is 4.79 Å². The first-order valence-electron chi connectivity index (χ1n) is 6.87. The predicted molar refractivity (Wildman–Crippen MR) is 85.3 cm³/mol. The maximum atomic E-state index is 12.3. The second kappa shape index (κ2) is 5.37. The highest BCUT2D eigenvalue weighted by Gasteiger charge is 2.08. The van der Waals surface area contributed by atoms with Crippen molar-refractivity contribution in [3.05, 3.63) is 71.6 Å². The number of hydrogen-bond donors (Lipinski definition) is 0. The number of fused-ring (bicyclic) bond motifs is 1. The molecule has 0 bridgehead atoms. The number of carbonyl (C=O) groups excluding carboxylic acids is 1. The molecule has 0 amide bonds. The van der Waals surface area contributed by atoms with Crippen molar-refractivity contribution >= 4 is 23.0 Å². The van der Waals surface area contributed by atoms with E-state index < -0.39 is 0 Å². The number of hydrogen-bond acceptors (Lipinski definition) is 2. The Morgan fingerprint density at radius 3 is 2.57 bits per heavy atom. The summed E-state index contributed by atoms with van der Waals surface area (Å²) < 4.78 is 1.58. The van der Waals surface area contributed by atoms with Gasteiger partial charge in [-0.2, -0.15) is 0 Å². The normalized spacial score (nSPS) is 11.3. The van der Waals surface area contributed by atoms with Gasteiger partial charge in [0.05, 0.1) is 11.0 Å². The zero-order valence-corrected chi connectivity index (χ0v) is 12.1. The van der Waals surface area contributed by atoms with Crippen LogP contribution < -0.4 is 0 Å². The van der Waals surface area contributed by atoms with E-state index in [0.29, 0.717) is 0 Å². The van der Waals surface area contributed by atoms with E-state index in [2.05, 4.69) is 4.98 Å². The van der Waals surface area contributed by atoms with Gasteiger partial charge in [-0.15, -0.1) is 0 Å². The zero-order chi connectivity index (χ0) is 14.8. The van der Waals surface area contributed by atoms with E-state index in [-0.39, 0.29) is 5.91 Å². The molecule has 0 saturated carbocycles. The number of rotatable bonds is 2. The van der Waals surface area contributed by atoms with Crippen molar-refractivity contribution in [3.63, 3.8) is 0 Å². The minimum absolute atomic E-state index is 0.0930. The lowest BCUT2D eigenvalue weighted by atomic mass is 10.1. The fourth-order valence-electron chi connectivity index (χ4n) is 2.25. The lowest BCUT2D eigenvalue weighted by molar-refractivity contribution is 0.0974. The number of imidazole rings is 1. The largest absolute Gasteiger partial charge is 0.269 e. The molecule has 21 heavy (non-hydrogen) atoms. The number of nitrogens with zero attached hydrogens (tertiary/aromatic N) is 2. The Hall–Kier alpha value is -2.68. The zero-order valence-electron chi connectivity index (χ0n) is 12.1. The van der Waals surface area contributed by atoms with Crippen LogP contribution in [0, 0.1) is 13.8 Å². The fraction of sp³-hybridized carbons (Fsp3) is 0.111. The standard InChI is InChI=1S/C18H16N2O/c1-13-10-16-17(11-14(13)2)20(12-19-16)18(21)9-8-15-6-4-3-5-7-15/h3-12H,1-2H3/b9-8+. The van der Waals surface area contributed by atoms with E-state index >= 15 is 0 Å². The van der Waals surface area contributed by atoms with Crippen LogP contribution in [0.1, 0.15) is 21.5 Å². The molecule has 0 aliphatic rings. The molecule has 2 aromatic carbocycles. The number of allylic oxidation sites excluding steroid dienone is 1. The van der Waals surface area contributed by atoms with Gasteiger partial charge in [0.15, 0.2) is 0 Å². The maximum absolute atomic E-state index is 12.3. The van der Waals surface area contributed by atoms with Crippen molar-refractivity contribution in [2.45, 2.75) is 13.8 Å². The van der Waals surface area contributed by atoms with E-state index in [1.807, 2.05) is 62.4 Å². The molecule has 0 aliphatic carbocycles. The third kappa shape index (κ3) is 2.63. The Bertz CT molecular complexity index is 829. The SMILES string of the molecule is Cc1cc2ncn(C(=O)/C=C/c3ccccc3)c2cc1C. The van der Waals surface area contributed by atoms with E-state index in [4.69, 9.17) is 0 Å². The van der Waals surface area contributed by atoms with Gasteiger partial charge < -0.3 is 0 Å². The molecule has 0 N–H and O–H groups in total. The van der Waals surface area contributed by atoms with Gasteiger partial charge in [-0.25, -0.2) is 4.98 Å². The smallest absolute Gasteiger partial charge is 0.256 e. The molecule has 0 saturated heterocycles. The van der Waals surface area contributed by atoms with Crippen LogP contribution in [0.5, 0.6) is 0 Å². The first-order chi connectivity index (χ1) is 10.1. The van der Waals surface area contributed by atoms with Crippen LogP contribution in [0.15, 0.2) is 54.9 Å². The Labute approximate surface area is 123 Å². The molecular formula is C18H16N2O. The highest BCUT2D eigenvalue weighted by Crippen LogP contribution is 2.18. The predicted octanol–water partition coefficient (Wildman–Crippen LogP) is 4.01. The minimum atomic E-state index is -0.0930. The van der Waals surface area contributed by atoms with Crippen molar-refractivity contribution in [1.82, 2.24) is 9.55 Å². The van der Waals surface area contributed by atoms with Gasteiger partial charge in [-0.3, -0.25) is 9.36 Å². The summed E-state index contributed by atoms with van der Waals surface area (Å²) in [6.07, 6.45) is 4.97. The number of aromatic nitrogens is 2.